The second-order valence-corrected chi connectivity index (χ2v) is 4.65. The van der Waals surface area contributed by atoms with Crippen molar-refractivity contribution in [3.8, 4) is 11.9 Å². The fourth-order valence-corrected chi connectivity index (χ4v) is 2.14. The van der Waals surface area contributed by atoms with Crippen molar-refractivity contribution in [2.45, 2.75) is 0 Å². The Balaban J connectivity index is 3.45. The van der Waals surface area contributed by atoms with Crippen LogP contribution in [0.4, 0.5) is 11.4 Å². The number of ether oxygens (including phenoxy) is 1. The molecule has 0 bridgehead atoms. The number of aliphatic imine (C=N–C) groups is 1. The number of nitro groups is 1. The number of amidine groups is 1. The quantitative estimate of drug-likeness (QED) is 0.226. The predicted molar refractivity (Wildman–Crippen MR) is 76.7 cm³/mol. The maximum Gasteiger partial charge on any atom is 0.296 e. The third-order valence-corrected chi connectivity index (χ3v) is 3.39. The van der Waals surface area contributed by atoms with Gasteiger partial charge < -0.3 is 4.74 Å². The van der Waals surface area contributed by atoms with E-state index in [-0.39, 0.29) is 16.5 Å². The summed E-state index contributed by atoms with van der Waals surface area (Å²) in [4.78, 5) is 14.5. The summed E-state index contributed by atoms with van der Waals surface area (Å²) in [6.07, 6.45) is 3.42. The number of nitrogens with one attached hydrogen (secondary N) is 1. The molecule has 0 radical (unpaired) electrons. The topological polar surface area (TPSA) is 101 Å². The third-order valence-electron chi connectivity index (χ3n) is 2.05. The third kappa shape index (κ3) is 3.59. The highest BCUT2D eigenvalue weighted by Gasteiger charge is 2.20. The van der Waals surface area contributed by atoms with Gasteiger partial charge in [0.05, 0.1) is 16.5 Å². The van der Waals surface area contributed by atoms with Gasteiger partial charge in [0.2, 0.25) is 0 Å². The number of halogens is 1. The molecule has 1 aromatic rings. The SMILES string of the molecule is COc1ccc([N+](=O)[O-])c(N=C(NC#N)SC)c1Br. The van der Waals surface area contributed by atoms with E-state index >= 15 is 0 Å². The Morgan fingerprint density at radius 2 is 2.37 bits per heavy atom. The number of nitriles is 1. The van der Waals surface area contributed by atoms with E-state index in [0.29, 0.717) is 10.2 Å². The highest BCUT2D eigenvalue weighted by molar-refractivity contribution is 9.10. The van der Waals surface area contributed by atoms with Crippen LogP contribution < -0.4 is 10.1 Å². The van der Waals surface area contributed by atoms with Crippen LogP contribution in [0, 0.1) is 21.6 Å². The van der Waals surface area contributed by atoms with Crippen molar-refractivity contribution in [3.63, 3.8) is 0 Å². The molecule has 7 nitrogen and oxygen atoms in total. The summed E-state index contributed by atoms with van der Waals surface area (Å²) in [5, 5.41) is 22.1. The molecular weight excluding hydrogens is 336 g/mol. The number of rotatable bonds is 3. The minimum Gasteiger partial charge on any atom is -0.495 e. The lowest BCUT2D eigenvalue weighted by Crippen LogP contribution is -2.12. The van der Waals surface area contributed by atoms with Crippen LogP contribution in [0.3, 0.4) is 0 Å². The second kappa shape index (κ2) is 6.96. The predicted octanol–water partition coefficient (Wildman–Crippen LogP) is 2.79. The number of hydrogen-bond acceptors (Lipinski definition) is 6. The average Bonchev–Trinajstić information content (AvgIpc) is 2.39. The normalized spacial score (nSPS) is 10.7. The van der Waals surface area contributed by atoms with E-state index in [1.807, 2.05) is 0 Å². The van der Waals surface area contributed by atoms with Crippen LogP contribution in [0.5, 0.6) is 5.75 Å². The summed E-state index contributed by atoms with van der Waals surface area (Å²) < 4.78 is 5.42. The number of benzene rings is 1. The number of thioether (sulfide) groups is 1. The highest BCUT2D eigenvalue weighted by atomic mass is 79.9. The van der Waals surface area contributed by atoms with Gasteiger partial charge in [-0.15, -0.1) is 0 Å². The smallest absolute Gasteiger partial charge is 0.296 e. The summed E-state index contributed by atoms with van der Waals surface area (Å²) in [5.74, 6) is 0.418. The molecule has 0 unspecified atom stereocenters. The fourth-order valence-electron chi connectivity index (χ4n) is 1.22. The van der Waals surface area contributed by atoms with Crippen LogP contribution in [0.1, 0.15) is 0 Å². The Labute approximate surface area is 121 Å². The molecule has 100 valence electrons. The zero-order valence-electron chi connectivity index (χ0n) is 10.0. The van der Waals surface area contributed by atoms with Gasteiger partial charge in [0.25, 0.3) is 5.69 Å². The van der Waals surface area contributed by atoms with Crippen LogP contribution in [0.2, 0.25) is 0 Å². The van der Waals surface area contributed by atoms with Gasteiger partial charge in [-0.1, -0.05) is 11.8 Å². The zero-order valence-corrected chi connectivity index (χ0v) is 12.4. The zero-order chi connectivity index (χ0) is 14.4. The van der Waals surface area contributed by atoms with E-state index in [0.717, 1.165) is 11.8 Å². The minimum atomic E-state index is -0.548. The first-order valence-corrected chi connectivity index (χ1v) is 6.85. The van der Waals surface area contributed by atoms with Gasteiger partial charge in [0.1, 0.15) is 5.75 Å². The second-order valence-electron chi connectivity index (χ2n) is 3.06. The van der Waals surface area contributed by atoms with Gasteiger partial charge in [-0.25, -0.2) is 4.99 Å². The summed E-state index contributed by atoms with van der Waals surface area (Å²) in [5.41, 5.74) is -0.0876. The van der Waals surface area contributed by atoms with Crippen molar-refractivity contribution in [2.75, 3.05) is 13.4 Å². The molecule has 0 aliphatic rings. The first kappa shape index (κ1) is 15.3. The molecular formula is C10H9BrN4O3S. The van der Waals surface area contributed by atoms with Gasteiger partial charge in [0.15, 0.2) is 17.0 Å². The largest absolute Gasteiger partial charge is 0.495 e. The van der Waals surface area contributed by atoms with Crippen molar-refractivity contribution in [1.82, 2.24) is 5.32 Å². The Bertz CT molecular complexity index is 571. The number of nitro benzene ring substituents is 1. The van der Waals surface area contributed by atoms with E-state index in [1.54, 1.807) is 12.4 Å². The number of hydrogen-bond donors (Lipinski definition) is 1. The molecule has 0 amide bonds. The summed E-state index contributed by atoms with van der Waals surface area (Å²) in [6.45, 7) is 0. The summed E-state index contributed by atoms with van der Waals surface area (Å²) in [6, 6.07) is 2.77. The molecule has 0 aliphatic carbocycles. The summed E-state index contributed by atoms with van der Waals surface area (Å²) in [7, 11) is 1.45. The molecule has 0 saturated carbocycles. The molecule has 1 rings (SSSR count). The van der Waals surface area contributed by atoms with Crippen molar-refractivity contribution in [2.24, 2.45) is 4.99 Å². The van der Waals surface area contributed by atoms with Crippen molar-refractivity contribution < 1.29 is 9.66 Å². The lowest BCUT2D eigenvalue weighted by atomic mass is 10.2. The Kier molecular flexibility index (Phi) is 5.59. The number of methoxy groups -OCH3 is 1. The van der Waals surface area contributed by atoms with Gasteiger partial charge in [-0.05, 0) is 28.3 Å². The molecule has 0 spiro atoms. The van der Waals surface area contributed by atoms with Crippen molar-refractivity contribution in [1.29, 1.82) is 5.26 Å². The first-order valence-electron chi connectivity index (χ1n) is 4.83. The molecule has 0 aromatic heterocycles. The first-order chi connectivity index (χ1) is 9.04. The maximum absolute atomic E-state index is 11.0. The Hall–Kier alpha value is -1.79. The van der Waals surface area contributed by atoms with Crippen molar-refractivity contribution >= 4 is 44.2 Å². The Morgan fingerprint density at radius 1 is 1.68 bits per heavy atom. The van der Waals surface area contributed by atoms with E-state index in [1.165, 1.54) is 19.2 Å². The standard InChI is InChI=1S/C10H9BrN4O3S/c1-18-7-4-3-6(15(16)17)9(8(7)11)14-10(19-2)13-5-12/h3-4H,1-2H3,(H,13,14). The minimum absolute atomic E-state index is 0.0939. The Morgan fingerprint density at radius 3 is 2.84 bits per heavy atom. The molecule has 0 fully saturated rings. The van der Waals surface area contributed by atoms with Crippen LogP contribution in [0.25, 0.3) is 0 Å². The van der Waals surface area contributed by atoms with Gasteiger partial charge in [0, 0.05) is 6.07 Å². The molecule has 0 aliphatic heterocycles. The van der Waals surface area contributed by atoms with Gasteiger partial charge >= 0.3 is 0 Å². The highest BCUT2D eigenvalue weighted by Crippen LogP contribution is 2.41. The van der Waals surface area contributed by atoms with Crippen LogP contribution in [-0.2, 0) is 0 Å². The van der Waals surface area contributed by atoms with Gasteiger partial charge in [-0.3, -0.25) is 15.4 Å². The molecule has 9 heteroatoms. The van der Waals surface area contributed by atoms with E-state index in [4.69, 9.17) is 10.00 Å². The van der Waals surface area contributed by atoms with Gasteiger partial charge in [-0.2, -0.15) is 5.26 Å². The van der Waals surface area contributed by atoms with Crippen LogP contribution >= 0.6 is 27.7 Å². The van der Waals surface area contributed by atoms with E-state index in [9.17, 15) is 10.1 Å². The molecule has 1 N–H and O–H groups in total. The lowest BCUT2D eigenvalue weighted by molar-refractivity contribution is -0.384. The molecule has 19 heavy (non-hydrogen) atoms. The summed E-state index contributed by atoms with van der Waals surface area (Å²) >= 11 is 4.38. The monoisotopic (exact) mass is 344 g/mol. The lowest BCUT2D eigenvalue weighted by Gasteiger charge is -2.07. The molecule has 0 atom stereocenters. The van der Waals surface area contributed by atoms with E-state index < -0.39 is 4.92 Å². The van der Waals surface area contributed by atoms with Crippen molar-refractivity contribution in [3.05, 3.63) is 26.7 Å². The van der Waals surface area contributed by atoms with E-state index in [2.05, 4.69) is 26.2 Å². The number of nitrogens with zero attached hydrogens (tertiary/aromatic N) is 3. The molecule has 0 saturated heterocycles. The molecule has 0 heterocycles. The average molecular weight is 345 g/mol. The van der Waals surface area contributed by atoms with Crippen LogP contribution in [-0.4, -0.2) is 23.5 Å². The molecule has 1 aromatic carbocycles. The van der Waals surface area contributed by atoms with Crippen LogP contribution in [0.15, 0.2) is 21.6 Å². The maximum atomic E-state index is 11.0. The fraction of sp³-hybridized carbons (Fsp3) is 0.200.